The van der Waals surface area contributed by atoms with E-state index in [1.165, 1.54) is 42.0 Å². The fourth-order valence-electron chi connectivity index (χ4n) is 3.11. The average molecular weight is 271 g/mol. The summed E-state index contributed by atoms with van der Waals surface area (Å²) >= 11 is 0. The van der Waals surface area contributed by atoms with Gasteiger partial charge in [0.05, 0.1) is 0 Å². The topological polar surface area (TPSA) is 50.9 Å². The molecular weight excluding hydrogens is 246 g/mol. The fourth-order valence-corrected chi connectivity index (χ4v) is 3.11. The third kappa shape index (κ3) is 3.17. The van der Waals surface area contributed by atoms with Gasteiger partial charge in [0.2, 0.25) is 0 Å². The molecule has 0 saturated carbocycles. The summed E-state index contributed by atoms with van der Waals surface area (Å²) in [5, 5.41) is 2.43. The average Bonchev–Trinajstić information content (AvgIpc) is 2.49. The molecule has 0 radical (unpaired) electrons. The predicted octanol–water partition coefficient (Wildman–Crippen LogP) is 3.96. The molecule has 2 aromatic rings. The Hall–Kier alpha value is -1.45. The van der Waals surface area contributed by atoms with E-state index in [9.17, 15) is 0 Å². The number of hydrazine groups is 1. The van der Waals surface area contributed by atoms with E-state index in [2.05, 4.69) is 48.5 Å². The van der Waals surface area contributed by atoms with Gasteiger partial charge in [-0.25, -0.2) is 0 Å². The van der Waals surface area contributed by atoms with Gasteiger partial charge in [-0.2, -0.15) is 0 Å². The van der Waals surface area contributed by atoms with Gasteiger partial charge in [0.15, 0.2) is 0 Å². The second kappa shape index (κ2) is 7.36. The summed E-state index contributed by atoms with van der Waals surface area (Å²) in [6.07, 6.45) is 8.55. The van der Waals surface area contributed by atoms with Gasteiger partial charge < -0.3 is 0 Å². The molecule has 0 fully saturated rings. The SMILES string of the molecule is CCCC(CCC)C(NN)c1cccc2ccncc12. The van der Waals surface area contributed by atoms with E-state index in [0.29, 0.717) is 5.92 Å². The summed E-state index contributed by atoms with van der Waals surface area (Å²) in [6.45, 7) is 4.47. The molecule has 108 valence electrons. The van der Waals surface area contributed by atoms with Crippen LogP contribution in [0.5, 0.6) is 0 Å². The monoisotopic (exact) mass is 271 g/mol. The second-order valence-electron chi connectivity index (χ2n) is 5.43. The third-order valence-corrected chi connectivity index (χ3v) is 4.02. The second-order valence-corrected chi connectivity index (χ2v) is 5.43. The highest BCUT2D eigenvalue weighted by molar-refractivity contribution is 5.85. The van der Waals surface area contributed by atoms with E-state index in [-0.39, 0.29) is 6.04 Å². The minimum Gasteiger partial charge on any atom is -0.271 e. The lowest BCUT2D eigenvalue weighted by Gasteiger charge is -2.27. The van der Waals surface area contributed by atoms with E-state index >= 15 is 0 Å². The molecule has 1 atom stereocenters. The van der Waals surface area contributed by atoms with Gasteiger partial charge in [0.1, 0.15) is 0 Å². The number of hydrogen-bond acceptors (Lipinski definition) is 3. The van der Waals surface area contributed by atoms with Crippen LogP contribution in [0.4, 0.5) is 0 Å². The lowest BCUT2D eigenvalue weighted by Crippen LogP contribution is -2.33. The van der Waals surface area contributed by atoms with Crippen LogP contribution in [0, 0.1) is 5.92 Å². The van der Waals surface area contributed by atoms with Crippen molar-refractivity contribution in [3.63, 3.8) is 0 Å². The van der Waals surface area contributed by atoms with Gasteiger partial charge in [-0.05, 0) is 35.8 Å². The maximum atomic E-state index is 5.89. The Morgan fingerprint density at radius 3 is 2.55 bits per heavy atom. The minimum atomic E-state index is 0.197. The van der Waals surface area contributed by atoms with E-state index in [1.54, 1.807) is 0 Å². The van der Waals surface area contributed by atoms with Crippen LogP contribution in [0.3, 0.4) is 0 Å². The quantitative estimate of drug-likeness (QED) is 0.592. The van der Waals surface area contributed by atoms with Crippen molar-refractivity contribution in [1.82, 2.24) is 10.4 Å². The van der Waals surface area contributed by atoms with Crippen molar-refractivity contribution >= 4 is 10.8 Å². The molecule has 0 saturated heterocycles. The molecule has 2 rings (SSSR count). The Kier molecular flexibility index (Phi) is 5.50. The number of nitrogens with one attached hydrogen (secondary N) is 1. The summed E-state index contributed by atoms with van der Waals surface area (Å²) in [4.78, 5) is 4.27. The number of pyridine rings is 1. The van der Waals surface area contributed by atoms with Gasteiger partial charge in [-0.3, -0.25) is 16.3 Å². The first-order valence-electron chi connectivity index (χ1n) is 7.60. The first-order valence-corrected chi connectivity index (χ1v) is 7.60. The highest BCUT2D eigenvalue weighted by Crippen LogP contribution is 2.32. The Balaban J connectivity index is 2.42. The van der Waals surface area contributed by atoms with Gasteiger partial charge in [0.25, 0.3) is 0 Å². The van der Waals surface area contributed by atoms with Crippen LogP contribution in [0.1, 0.15) is 51.1 Å². The Bertz CT molecular complexity index is 527. The van der Waals surface area contributed by atoms with Crippen molar-refractivity contribution < 1.29 is 0 Å². The summed E-state index contributed by atoms with van der Waals surface area (Å²) in [5.74, 6) is 6.46. The van der Waals surface area contributed by atoms with Crippen LogP contribution >= 0.6 is 0 Å². The van der Waals surface area contributed by atoms with Crippen LogP contribution in [0.2, 0.25) is 0 Å². The van der Waals surface area contributed by atoms with E-state index < -0.39 is 0 Å². The Labute approximate surface area is 121 Å². The molecule has 3 N–H and O–H groups in total. The van der Waals surface area contributed by atoms with E-state index in [1.807, 2.05) is 12.4 Å². The third-order valence-electron chi connectivity index (χ3n) is 4.02. The van der Waals surface area contributed by atoms with Crippen LogP contribution in [-0.4, -0.2) is 4.98 Å². The molecule has 0 aliphatic rings. The standard InChI is InChI=1S/C17H25N3/c1-3-6-14(7-4-2)17(20-18)15-9-5-8-13-10-11-19-12-16(13)15/h5,8-12,14,17,20H,3-4,6-7,18H2,1-2H3. The lowest BCUT2D eigenvalue weighted by molar-refractivity contribution is 0.321. The van der Waals surface area contributed by atoms with Crippen molar-refractivity contribution in [3.8, 4) is 0 Å². The highest BCUT2D eigenvalue weighted by atomic mass is 15.2. The molecule has 20 heavy (non-hydrogen) atoms. The zero-order chi connectivity index (χ0) is 14.4. The normalized spacial score (nSPS) is 13.0. The van der Waals surface area contributed by atoms with Gasteiger partial charge >= 0.3 is 0 Å². The number of rotatable bonds is 7. The molecule has 1 heterocycles. The molecule has 1 aromatic heterocycles. The van der Waals surface area contributed by atoms with Gasteiger partial charge in [-0.15, -0.1) is 0 Å². The van der Waals surface area contributed by atoms with Crippen LogP contribution < -0.4 is 11.3 Å². The lowest BCUT2D eigenvalue weighted by atomic mass is 9.85. The first kappa shape index (κ1) is 14.9. The maximum Gasteiger partial charge on any atom is 0.0494 e. The molecule has 0 aliphatic carbocycles. The smallest absolute Gasteiger partial charge is 0.0494 e. The van der Waals surface area contributed by atoms with Crippen molar-refractivity contribution in [3.05, 3.63) is 42.2 Å². The van der Waals surface area contributed by atoms with Crippen molar-refractivity contribution in [2.75, 3.05) is 0 Å². The number of hydrogen-bond donors (Lipinski definition) is 2. The van der Waals surface area contributed by atoms with Gasteiger partial charge in [0, 0.05) is 23.8 Å². The Morgan fingerprint density at radius 2 is 1.90 bits per heavy atom. The summed E-state index contributed by atoms with van der Waals surface area (Å²) < 4.78 is 0. The van der Waals surface area contributed by atoms with Crippen LogP contribution in [0.15, 0.2) is 36.7 Å². The predicted molar refractivity (Wildman–Crippen MR) is 85.1 cm³/mol. The van der Waals surface area contributed by atoms with E-state index in [4.69, 9.17) is 5.84 Å². The fraction of sp³-hybridized carbons (Fsp3) is 0.471. The zero-order valence-corrected chi connectivity index (χ0v) is 12.5. The number of aromatic nitrogens is 1. The molecular formula is C17H25N3. The minimum absolute atomic E-state index is 0.197. The zero-order valence-electron chi connectivity index (χ0n) is 12.5. The number of fused-ring (bicyclic) bond motifs is 1. The van der Waals surface area contributed by atoms with Crippen LogP contribution in [-0.2, 0) is 0 Å². The van der Waals surface area contributed by atoms with Crippen LogP contribution in [0.25, 0.3) is 10.8 Å². The molecule has 0 amide bonds. The van der Waals surface area contributed by atoms with Crippen molar-refractivity contribution in [2.24, 2.45) is 11.8 Å². The molecule has 1 aromatic carbocycles. The number of nitrogens with two attached hydrogens (primary N) is 1. The molecule has 1 unspecified atom stereocenters. The molecule has 0 spiro atoms. The molecule has 3 heteroatoms. The number of benzene rings is 1. The van der Waals surface area contributed by atoms with Crippen molar-refractivity contribution in [2.45, 2.75) is 45.6 Å². The largest absolute Gasteiger partial charge is 0.271 e. The first-order chi connectivity index (χ1) is 9.81. The van der Waals surface area contributed by atoms with Gasteiger partial charge in [-0.1, -0.05) is 44.9 Å². The number of nitrogens with zero attached hydrogens (tertiary/aromatic N) is 1. The molecule has 0 aliphatic heterocycles. The Morgan fingerprint density at radius 1 is 1.15 bits per heavy atom. The molecule has 3 nitrogen and oxygen atoms in total. The highest BCUT2D eigenvalue weighted by Gasteiger charge is 2.22. The maximum absolute atomic E-state index is 5.89. The summed E-state index contributed by atoms with van der Waals surface area (Å²) in [6, 6.07) is 8.66. The van der Waals surface area contributed by atoms with Crippen molar-refractivity contribution in [1.29, 1.82) is 0 Å². The van der Waals surface area contributed by atoms with E-state index in [0.717, 1.165) is 0 Å². The summed E-state index contributed by atoms with van der Waals surface area (Å²) in [5.41, 5.74) is 4.32. The molecule has 0 bridgehead atoms. The summed E-state index contributed by atoms with van der Waals surface area (Å²) in [7, 11) is 0.